The van der Waals surface area contributed by atoms with Gasteiger partial charge >= 0.3 is 6.09 Å². The molecule has 1 aromatic rings. The molecular formula is C22H36N2O3. The van der Waals surface area contributed by atoms with Crippen molar-refractivity contribution in [2.24, 2.45) is 0 Å². The van der Waals surface area contributed by atoms with Crippen molar-refractivity contribution in [1.82, 2.24) is 5.32 Å². The molecule has 1 saturated carbocycles. The lowest BCUT2D eigenvalue weighted by Gasteiger charge is -2.31. The Labute approximate surface area is 164 Å². The highest BCUT2D eigenvalue weighted by Gasteiger charge is 2.24. The van der Waals surface area contributed by atoms with Crippen molar-refractivity contribution in [2.45, 2.75) is 83.9 Å². The van der Waals surface area contributed by atoms with Gasteiger partial charge in [0.05, 0.1) is 0 Å². The molecule has 0 unspecified atom stereocenters. The number of aryl methyl sites for hydroxylation is 1. The van der Waals surface area contributed by atoms with Crippen LogP contribution < -0.4 is 10.6 Å². The summed E-state index contributed by atoms with van der Waals surface area (Å²) in [4.78, 5) is 11.9. The molecule has 0 aromatic heterocycles. The molecular weight excluding hydrogens is 340 g/mol. The van der Waals surface area contributed by atoms with Crippen LogP contribution in [0.3, 0.4) is 0 Å². The zero-order chi connectivity index (χ0) is 19.7. The fourth-order valence-electron chi connectivity index (χ4n) is 3.38. The first-order valence-electron chi connectivity index (χ1n) is 10.3. The molecule has 0 saturated heterocycles. The summed E-state index contributed by atoms with van der Waals surface area (Å²) in [6.45, 7) is 9.31. The van der Waals surface area contributed by atoms with Gasteiger partial charge in [-0.25, -0.2) is 4.79 Å². The Kier molecular flexibility index (Phi) is 8.42. The second-order valence-electron chi connectivity index (χ2n) is 8.34. The minimum Gasteiger partial charge on any atom is -0.444 e. The van der Waals surface area contributed by atoms with Gasteiger partial charge in [0.1, 0.15) is 5.60 Å². The molecule has 1 fully saturated rings. The van der Waals surface area contributed by atoms with E-state index in [4.69, 9.17) is 9.47 Å². The molecule has 0 spiro atoms. The van der Waals surface area contributed by atoms with Gasteiger partial charge in [0.2, 0.25) is 0 Å². The summed E-state index contributed by atoms with van der Waals surface area (Å²) < 4.78 is 10.7. The highest BCUT2D eigenvalue weighted by Crippen LogP contribution is 2.23. The molecule has 1 amide bonds. The van der Waals surface area contributed by atoms with Gasteiger partial charge < -0.3 is 20.1 Å². The number of ether oxygens (including phenoxy) is 2. The Balaban J connectivity index is 1.68. The molecule has 1 aliphatic carbocycles. The molecule has 0 radical (unpaired) electrons. The lowest BCUT2D eigenvalue weighted by atomic mass is 9.91. The first kappa shape index (κ1) is 21.5. The topological polar surface area (TPSA) is 59.6 Å². The summed E-state index contributed by atoms with van der Waals surface area (Å²) in [7, 11) is 0. The highest BCUT2D eigenvalue weighted by atomic mass is 16.6. The maximum Gasteiger partial charge on any atom is 0.407 e. The third-order valence-corrected chi connectivity index (χ3v) is 4.73. The van der Waals surface area contributed by atoms with E-state index in [9.17, 15) is 4.79 Å². The van der Waals surface area contributed by atoms with Gasteiger partial charge in [-0.15, -0.1) is 0 Å². The number of rotatable bonds is 8. The van der Waals surface area contributed by atoms with Gasteiger partial charge in [0.25, 0.3) is 0 Å². The van der Waals surface area contributed by atoms with E-state index in [1.807, 2.05) is 27.7 Å². The van der Waals surface area contributed by atoms with E-state index in [0.29, 0.717) is 6.04 Å². The number of carbonyl (C=O) groups is 1. The second-order valence-corrected chi connectivity index (χ2v) is 8.34. The summed E-state index contributed by atoms with van der Waals surface area (Å²) in [6, 6.07) is 9.41. The van der Waals surface area contributed by atoms with Crippen molar-refractivity contribution in [3.63, 3.8) is 0 Å². The zero-order valence-electron chi connectivity index (χ0n) is 17.3. The van der Waals surface area contributed by atoms with Crippen molar-refractivity contribution in [3.05, 3.63) is 29.8 Å². The van der Waals surface area contributed by atoms with Crippen LogP contribution in [-0.4, -0.2) is 37.0 Å². The Hall–Kier alpha value is -1.75. The van der Waals surface area contributed by atoms with E-state index >= 15 is 0 Å². The summed E-state index contributed by atoms with van der Waals surface area (Å²) in [6.07, 6.45) is 5.88. The summed E-state index contributed by atoms with van der Waals surface area (Å²) in [5.41, 5.74) is 2.08. The fraction of sp³-hybridized carbons (Fsp3) is 0.682. The molecule has 0 atom stereocenters. The smallest absolute Gasteiger partial charge is 0.407 e. The van der Waals surface area contributed by atoms with Crippen LogP contribution in [0.15, 0.2) is 24.3 Å². The van der Waals surface area contributed by atoms with Gasteiger partial charge in [-0.3, -0.25) is 0 Å². The third kappa shape index (κ3) is 8.65. The SMILES string of the molecule is CCOCCCc1ccc(N[C@H]2CC[C@@H](NC(=O)OC(C)(C)C)CC2)cc1. The number of alkyl carbamates (subject to hydrolysis) is 1. The predicted molar refractivity (Wildman–Crippen MR) is 110 cm³/mol. The Morgan fingerprint density at radius 1 is 1.07 bits per heavy atom. The highest BCUT2D eigenvalue weighted by molar-refractivity contribution is 5.68. The fourth-order valence-corrected chi connectivity index (χ4v) is 3.38. The molecule has 0 bridgehead atoms. The largest absolute Gasteiger partial charge is 0.444 e. The molecule has 0 heterocycles. The molecule has 2 N–H and O–H groups in total. The van der Waals surface area contributed by atoms with Crippen LogP contribution in [0.2, 0.25) is 0 Å². The van der Waals surface area contributed by atoms with Gasteiger partial charge in [0, 0.05) is 31.0 Å². The lowest BCUT2D eigenvalue weighted by molar-refractivity contribution is 0.0492. The van der Waals surface area contributed by atoms with Crippen LogP contribution in [0.4, 0.5) is 10.5 Å². The number of hydrogen-bond acceptors (Lipinski definition) is 4. The van der Waals surface area contributed by atoms with Crippen molar-refractivity contribution in [3.8, 4) is 0 Å². The molecule has 5 nitrogen and oxygen atoms in total. The second kappa shape index (κ2) is 10.5. The van der Waals surface area contributed by atoms with Crippen LogP contribution in [0.25, 0.3) is 0 Å². The van der Waals surface area contributed by atoms with Crippen LogP contribution in [0.1, 0.15) is 65.4 Å². The molecule has 1 aliphatic rings. The quantitative estimate of drug-likeness (QED) is 0.633. The first-order chi connectivity index (χ1) is 12.9. The molecule has 152 valence electrons. The number of hydrogen-bond donors (Lipinski definition) is 2. The van der Waals surface area contributed by atoms with Crippen molar-refractivity contribution in [2.75, 3.05) is 18.5 Å². The number of carbonyl (C=O) groups excluding carboxylic acids is 1. The summed E-state index contributed by atoms with van der Waals surface area (Å²) >= 11 is 0. The van der Waals surface area contributed by atoms with E-state index in [0.717, 1.165) is 51.7 Å². The summed E-state index contributed by atoms with van der Waals surface area (Å²) in [5, 5.41) is 6.62. The van der Waals surface area contributed by atoms with Crippen LogP contribution >= 0.6 is 0 Å². The van der Waals surface area contributed by atoms with E-state index in [1.54, 1.807) is 0 Å². The van der Waals surface area contributed by atoms with E-state index in [2.05, 4.69) is 34.9 Å². The van der Waals surface area contributed by atoms with Crippen LogP contribution in [-0.2, 0) is 15.9 Å². The van der Waals surface area contributed by atoms with Crippen LogP contribution in [0, 0.1) is 0 Å². The average Bonchev–Trinajstić information content (AvgIpc) is 2.60. The summed E-state index contributed by atoms with van der Waals surface area (Å²) in [5.74, 6) is 0. The molecule has 1 aromatic carbocycles. The Bertz CT molecular complexity index is 558. The van der Waals surface area contributed by atoms with Gasteiger partial charge in [0.15, 0.2) is 0 Å². The number of nitrogens with one attached hydrogen (secondary N) is 2. The standard InChI is InChI=1S/C22H36N2O3/c1-5-26-16-6-7-17-8-10-18(11-9-17)23-19-12-14-20(15-13-19)24-21(25)27-22(2,3)4/h8-11,19-20,23H,5-7,12-16H2,1-4H3,(H,24,25)/t19-,20+. The van der Waals surface area contributed by atoms with Gasteiger partial charge in [-0.1, -0.05) is 12.1 Å². The number of amides is 1. The maximum atomic E-state index is 11.9. The van der Waals surface area contributed by atoms with E-state index in [1.165, 1.54) is 11.3 Å². The minimum atomic E-state index is -0.446. The number of benzene rings is 1. The van der Waals surface area contributed by atoms with Gasteiger partial charge in [-0.05, 0) is 83.9 Å². The van der Waals surface area contributed by atoms with Crippen molar-refractivity contribution >= 4 is 11.8 Å². The average molecular weight is 377 g/mol. The Morgan fingerprint density at radius 2 is 1.70 bits per heavy atom. The van der Waals surface area contributed by atoms with E-state index < -0.39 is 5.60 Å². The normalized spacial score (nSPS) is 20.1. The van der Waals surface area contributed by atoms with Crippen LogP contribution in [0.5, 0.6) is 0 Å². The zero-order valence-corrected chi connectivity index (χ0v) is 17.3. The Morgan fingerprint density at radius 3 is 2.30 bits per heavy atom. The predicted octanol–water partition coefficient (Wildman–Crippen LogP) is 4.90. The third-order valence-electron chi connectivity index (χ3n) is 4.73. The first-order valence-corrected chi connectivity index (χ1v) is 10.3. The minimum absolute atomic E-state index is 0.214. The molecule has 5 heteroatoms. The van der Waals surface area contributed by atoms with Crippen molar-refractivity contribution in [1.29, 1.82) is 0 Å². The molecule has 2 rings (SSSR count). The molecule has 0 aliphatic heterocycles. The van der Waals surface area contributed by atoms with Crippen molar-refractivity contribution < 1.29 is 14.3 Å². The van der Waals surface area contributed by atoms with Gasteiger partial charge in [-0.2, -0.15) is 0 Å². The lowest BCUT2D eigenvalue weighted by Crippen LogP contribution is -2.42. The van der Waals surface area contributed by atoms with E-state index in [-0.39, 0.29) is 12.1 Å². The maximum absolute atomic E-state index is 11.9. The number of anilines is 1. The monoisotopic (exact) mass is 376 g/mol. The molecule has 27 heavy (non-hydrogen) atoms.